The van der Waals surface area contributed by atoms with E-state index >= 15 is 0 Å². The number of hydrogen-bond acceptors (Lipinski definition) is 11. The zero-order valence-corrected chi connectivity index (χ0v) is 26.5. The Kier molecular flexibility index (Phi) is 7.56. The molecule has 2 heterocycles. The number of aliphatic hydroxyl groups is 1. The van der Waals surface area contributed by atoms with Gasteiger partial charge < -0.3 is 28.8 Å². The van der Waals surface area contributed by atoms with Crippen LogP contribution in [0, 0.1) is 39.9 Å². The van der Waals surface area contributed by atoms with Gasteiger partial charge in [0.2, 0.25) is 6.29 Å². The van der Waals surface area contributed by atoms with Crippen molar-refractivity contribution in [2.24, 2.45) is 39.9 Å². The van der Waals surface area contributed by atoms with E-state index in [1.807, 2.05) is 13.8 Å². The van der Waals surface area contributed by atoms with Crippen molar-refractivity contribution < 1.29 is 52.8 Å². The molecule has 0 bridgehead atoms. The normalized spacial score (nSPS) is 41.8. The molecule has 0 radical (unpaired) electrons. The molecule has 0 aromatic heterocycles. The summed E-state index contributed by atoms with van der Waals surface area (Å²) in [5.74, 6) is -5.09. The fourth-order valence-electron chi connectivity index (χ4n) is 8.84. The Morgan fingerprint density at radius 3 is 2.34 bits per heavy atom. The molecule has 2 aliphatic heterocycles. The molecule has 0 amide bonds. The lowest BCUT2D eigenvalue weighted by Gasteiger charge is -2.59. The Labute approximate surface area is 256 Å². The highest BCUT2D eigenvalue weighted by Crippen LogP contribution is 2.76. The van der Waals surface area contributed by atoms with Crippen LogP contribution in [0.15, 0.2) is 36.0 Å². The largest absolute Gasteiger partial charge is 0.469 e. The minimum absolute atomic E-state index is 0.112. The van der Waals surface area contributed by atoms with Gasteiger partial charge in [-0.25, -0.2) is 4.79 Å². The van der Waals surface area contributed by atoms with E-state index in [1.165, 1.54) is 26.2 Å². The third-order valence-corrected chi connectivity index (χ3v) is 11.1. The molecule has 2 saturated carbocycles. The second kappa shape index (κ2) is 10.4. The molecule has 10 unspecified atom stereocenters. The van der Waals surface area contributed by atoms with Crippen molar-refractivity contribution in [1.82, 2.24) is 0 Å². The quantitative estimate of drug-likeness (QED) is 0.195. The van der Waals surface area contributed by atoms with Gasteiger partial charge in [-0.15, -0.1) is 0 Å². The maximum atomic E-state index is 13.4. The average molecular weight is 615 g/mol. The van der Waals surface area contributed by atoms with E-state index in [9.17, 15) is 29.1 Å². The summed E-state index contributed by atoms with van der Waals surface area (Å²) < 4.78 is 29.0. The monoisotopic (exact) mass is 614 g/mol. The lowest BCUT2D eigenvalue weighted by atomic mass is 9.46. The highest BCUT2D eigenvalue weighted by Gasteiger charge is 2.84. The van der Waals surface area contributed by atoms with E-state index in [4.69, 9.17) is 23.7 Å². The number of allylic oxidation sites excluding steroid dienone is 2. The summed E-state index contributed by atoms with van der Waals surface area (Å²) in [6.45, 7) is 16.4. The molecule has 10 atom stereocenters. The number of ether oxygens (including phenoxy) is 5. The molecular weight excluding hydrogens is 572 g/mol. The first-order chi connectivity index (χ1) is 20.4. The Balaban J connectivity index is 1.74. The molecule has 5 aliphatic rings. The molecule has 1 saturated heterocycles. The van der Waals surface area contributed by atoms with Gasteiger partial charge in [0.15, 0.2) is 5.78 Å². The zero-order chi connectivity index (χ0) is 32.7. The second-order valence-electron chi connectivity index (χ2n) is 14.1. The Morgan fingerprint density at radius 2 is 1.80 bits per heavy atom. The minimum atomic E-state index is -1.49. The summed E-state index contributed by atoms with van der Waals surface area (Å²) in [6, 6.07) is 0. The number of rotatable bonds is 7. The van der Waals surface area contributed by atoms with Crippen molar-refractivity contribution in [3.8, 4) is 0 Å². The van der Waals surface area contributed by atoms with Crippen LogP contribution in [0.25, 0.3) is 0 Å². The standard InChI is InChI=1S/C33H42O11/c1-15(2)28(38)43-27-26(41-17(4)34)25(31(7)11-10-21(35)30(5,6)20(31)14-23(36)40-9)16(3)33-22(44-33)13-19(32(27,33)8)18-12-24(37)42-29(18)39/h10-12,15,19-20,22,25-27,29,39H,3,13-14H2,1-2,4-9H3. The topological polar surface area (TPSA) is 155 Å². The van der Waals surface area contributed by atoms with Crippen molar-refractivity contribution in [2.75, 3.05) is 7.11 Å². The van der Waals surface area contributed by atoms with Gasteiger partial charge in [-0.3, -0.25) is 19.2 Å². The third-order valence-electron chi connectivity index (χ3n) is 11.1. The highest BCUT2D eigenvalue weighted by atomic mass is 16.6. The van der Waals surface area contributed by atoms with Crippen LogP contribution in [0.5, 0.6) is 0 Å². The van der Waals surface area contributed by atoms with Gasteiger partial charge in [0.1, 0.15) is 17.8 Å². The average Bonchev–Trinajstić information content (AvgIpc) is 3.48. The number of carbonyl (C=O) groups excluding carboxylic acids is 5. The van der Waals surface area contributed by atoms with Crippen molar-refractivity contribution in [3.05, 3.63) is 36.0 Å². The van der Waals surface area contributed by atoms with E-state index in [1.54, 1.807) is 33.8 Å². The van der Waals surface area contributed by atoms with Crippen LogP contribution in [-0.4, -0.2) is 72.1 Å². The number of hydrogen-bond donors (Lipinski definition) is 1. The number of epoxide rings is 1. The maximum Gasteiger partial charge on any atom is 0.333 e. The lowest BCUT2D eigenvalue weighted by Crippen LogP contribution is -2.67. The Hall–Kier alpha value is -3.31. The van der Waals surface area contributed by atoms with Gasteiger partial charge in [-0.2, -0.15) is 0 Å². The van der Waals surface area contributed by atoms with Crippen molar-refractivity contribution in [2.45, 2.75) is 91.5 Å². The van der Waals surface area contributed by atoms with Crippen LogP contribution in [0.1, 0.15) is 61.3 Å². The summed E-state index contributed by atoms with van der Waals surface area (Å²) in [5, 5.41) is 10.7. The smallest absolute Gasteiger partial charge is 0.333 e. The number of cyclic esters (lactones) is 1. The fraction of sp³-hybridized carbons (Fsp3) is 0.667. The molecular formula is C33H42O11. The summed E-state index contributed by atoms with van der Waals surface area (Å²) >= 11 is 0. The SMILES string of the molecule is C=C1C(C2(C)C=CC(=O)C(C)(C)C2CC(=O)OC)C(OC(C)=O)C(OC(=O)C(C)C)C2(C)C(C3=CC(=O)OC3O)CC3OC132. The summed E-state index contributed by atoms with van der Waals surface area (Å²) in [4.78, 5) is 64.5. The van der Waals surface area contributed by atoms with Crippen LogP contribution >= 0.6 is 0 Å². The van der Waals surface area contributed by atoms with Crippen LogP contribution in [0.3, 0.4) is 0 Å². The van der Waals surface area contributed by atoms with E-state index in [0.29, 0.717) is 17.6 Å². The van der Waals surface area contributed by atoms with Gasteiger partial charge in [-0.05, 0) is 24.0 Å². The molecule has 1 N–H and O–H groups in total. The van der Waals surface area contributed by atoms with Crippen molar-refractivity contribution >= 4 is 29.7 Å². The fourth-order valence-corrected chi connectivity index (χ4v) is 8.84. The molecule has 5 rings (SSSR count). The number of carbonyl (C=O) groups is 5. The first-order valence-corrected chi connectivity index (χ1v) is 15.0. The Bertz CT molecular complexity index is 1390. The number of methoxy groups -OCH3 is 1. The number of esters is 4. The molecule has 240 valence electrons. The van der Waals surface area contributed by atoms with Crippen LogP contribution < -0.4 is 0 Å². The first-order valence-electron chi connectivity index (χ1n) is 15.0. The maximum absolute atomic E-state index is 13.4. The highest BCUT2D eigenvalue weighted by molar-refractivity contribution is 5.96. The predicted octanol–water partition coefficient (Wildman–Crippen LogP) is 2.99. The molecule has 11 nitrogen and oxygen atoms in total. The summed E-state index contributed by atoms with van der Waals surface area (Å²) in [5.41, 5.74) is -3.45. The van der Waals surface area contributed by atoms with E-state index < -0.39 is 94.0 Å². The van der Waals surface area contributed by atoms with Gasteiger partial charge in [0, 0.05) is 41.2 Å². The van der Waals surface area contributed by atoms with E-state index in [0.717, 1.165) is 0 Å². The molecule has 3 fully saturated rings. The van der Waals surface area contributed by atoms with Crippen LogP contribution in [-0.2, 0) is 47.7 Å². The van der Waals surface area contributed by atoms with E-state index in [2.05, 4.69) is 6.58 Å². The van der Waals surface area contributed by atoms with Crippen LogP contribution in [0.2, 0.25) is 0 Å². The van der Waals surface area contributed by atoms with Crippen LogP contribution in [0.4, 0.5) is 0 Å². The van der Waals surface area contributed by atoms with Gasteiger partial charge >= 0.3 is 23.9 Å². The molecule has 0 aromatic rings. The summed E-state index contributed by atoms with van der Waals surface area (Å²) in [7, 11) is 1.28. The molecule has 0 aromatic carbocycles. The Morgan fingerprint density at radius 1 is 1.14 bits per heavy atom. The first kappa shape index (κ1) is 32.1. The van der Waals surface area contributed by atoms with Gasteiger partial charge in [-0.1, -0.05) is 54.2 Å². The van der Waals surface area contributed by atoms with Crippen molar-refractivity contribution in [3.63, 3.8) is 0 Å². The predicted molar refractivity (Wildman–Crippen MR) is 153 cm³/mol. The zero-order valence-electron chi connectivity index (χ0n) is 26.5. The number of aliphatic hydroxyl groups excluding tert-OH is 1. The third kappa shape index (κ3) is 4.33. The van der Waals surface area contributed by atoms with Crippen molar-refractivity contribution in [1.29, 1.82) is 0 Å². The molecule has 11 heteroatoms. The van der Waals surface area contributed by atoms with E-state index in [-0.39, 0.29) is 12.2 Å². The molecule has 44 heavy (non-hydrogen) atoms. The lowest BCUT2D eigenvalue weighted by molar-refractivity contribution is -0.213. The number of ketones is 1. The molecule has 3 aliphatic carbocycles. The van der Waals surface area contributed by atoms with Gasteiger partial charge in [0.05, 0.1) is 31.0 Å². The summed E-state index contributed by atoms with van der Waals surface area (Å²) in [6.07, 6.45) is 0.528. The molecule has 1 spiro atoms. The van der Waals surface area contributed by atoms with Gasteiger partial charge in [0.25, 0.3) is 0 Å². The second-order valence-corrected chi connectivity index (χ2v) is 14.1. The minimum Gasteiger partial charge on any atom is -0.469 e.